The Kier molecular flexibility index (Phi) is 6.54. The molecule has 0 aromatic carbocycles. The average Bonchev–Trinajstić information content (AvgIpc) is 3.28. The van der Waals surface area contributed by atoms with Gasteiger partial charge in [-0.3, -0.25) is 14.3 Å². The highest BCUT2D eigenvalue weighted by molar-refractivity contribution is 7.09. The minimum atomic E-state index is -0.0290. The van der Waals surface area contributed by atoms with Gasteiger partial charge in [-0.05, 0) is 12.8 Å². The van der Waals surface area contributed by atoms with E-state index in [0.717, 1.165) is 17.8 Å². The first-order valence-corrected chi connectivity index (χ1v) is 10.3. The number of thiazole rings is 1. The van der Waals surface area contributed by atoms with Gasteiger partial charge in [0.25, 0.3) is 5.91 Å². The van der Waals surface area contributed by atoms with Gasteiger partial charge in [-0.2, -0.15) is 5.10 Å². The van der Waals surface area contributed by atoms with E-state index in [1.54, 1.807) is 11.0 Å². The number of carbonyl (C=O) groups excluding carboxylic acids is 2. The molecule has 1 saturated heterocycles. The van der Waals surface area contributed by atoms with Crippen LogP contribution in [0.25, 0.3) is 0 Å². The first-order chi connectivity index (χ1) is 13.0. The third kappa shape index (κ3) is 5.12. The highest BCUT2D eigenvalue weighted by atomic mass is 32.1. The molecule has 0 saturated carbocycles. The van der Waals surface area contributed by atoms with Gasteiger partial charge in [0, 0.05) is 50.4 Å². The van der Waals surface area contributed by atoms with Crippen LogP contribution < -0.4 is 0 Å². The first-order valence-electron chi connectivity index (χ1n) is 9.39. The van der Waals surface area contributed by atoms with Crippen molar-refractivity contribution in [2.24, 2.45) is 0 Å². The van der Waals surface area contributed by atoms with Crippen LogP contribution in [0.3, 0.4) is 0 Å². The van der Waals surface area contributed by atoms with Crippen LogP contribution in [-0.4, -0.2) is 67.5 Å². The minimum absolute atomic E-state index is 0.0290. The fraction of sp³-hybridized carbons (Fsp3) is 0.611. The Morgan fingerprint density at radius 3 is 2.67 bits per heavy atom. The third-order valence-electron chi connectivity index (χ3n) is 4.62. The number of hydrogen-bond acceptors (Lipinski definition) is 6. The zero-order valence-corrected chi connectivity index (χ0v) is 16.7. The van der Waals surface area contributed by atoms with Crippen LogP contribution >= 0.6 is 11.3 Å². The predicted molar refractivity (Wildman–Crippen MR) is 103 cm³/mol. The molecular weight excluding hydrogens is 364 g/mol. The largest absolute Gasteiger partial charge is 0.341 e. The summed E-state index contributed by atoms with van der Waals surface area (Å²) in [5.41, 5.74) is 0.524. The van der Waals surface area contributed by atoms with E-state index >= 15 is 0 Å². The standard InChI is InChI=1S/C18H26N6O2S/c1-14(2)17-21-15(11-27-17)18(26)23-7-4-6-22(9-10-23)16(25)5-3-8-24-13-19-12-20-24/h11-14H,3-10H2,1-2H3. The Bertz CT molecular complexity index is 758. The molecule has 1 aliphatic rings. The van der Waals surface area contributed by atoms with E-state index in [4.69, 9.17) is 0 Å². The summed E-state index contributed by atoms with van der Waals surface area (Å²) in [5, 5.41) is 6.87. The molecule has 0 atom stereocenters. The number of rotatable bonds is 6. The maximum absolute atomic E-state index is 12.7. The van der Waals surface area contributed by atoms with Crippen LogP contribution in [-0.2, 0) is 11.3 Å². The van der Waals surface area contributed by atoms with E-state index in [1.165, 1.54) is 17.7 Å². The Morgan fingerprint density at radius 2 is 1.96 bits per heavy atom. The number of nitrogens with zero attached hydrogens (tertiary/aromatic N) is 6. The number of carbonyl (C=O) groups is 2. The van der Waals surface area contributed by atoms with Crippen LogP contribution in [0, 0.1) is 0 Å². The van der Waals surface area contributed by atoms with Crippen molar-refractivity contribution in [2.45, 2.75) is 45.6 Å². The fourth-order valence-electron chi connectivity index (χ4n) is 3.08. The Morgan fingerprint density at radius 1 is 1.19 bits per heavy atom. The van der Waals surface area contributed by atoms with Crippen LogP contribution in [0.15, 0.2) is 18.0 Å². The summed E-state index contributed by atoms with van der Waals surface area (Å²) in [5.74, 6) is 0.435. The molecule has 0 radical (unpaired) electrons. The molecule has 1 aliphatic heterocycles. The molecule has 8 nitrogen and oxygen atoms in total. The van der Waals surface area contributed by atoms with Crippen molar-refractivity contribution in [3.05, 3.63) is 28.7 Å². The summed E-state index contributed by atoms with van der Waals surface area (Å²) < 4.78 is 1.73. The van der Waals surface area contributed by atoms with Crippen molar-refractivity contribution in [2.75, 3.05) is 26.2 Å². The Labute approximate surface area is 163 Å². The van der Waals surface area contributed by atoms with E-state index in [9.17, 15) is 9.59 Å². The normalized spacial score (nSPS) is 15.2. The summed E-state index contributed by atoms with van der Waals surface area (Å²) in [6, 6.07) is 0. The molecule has 1 fully saturated rings. The zero-order valence-electron chi connectivity index (χ0n) is 15.9. The smallest absolute Gasteiger partial charge is 0.273 e. The lowest BCUT2D eigenvalue weighted by Crippen LogP contribution is -2.37. The molecule has 9 heteroatoms. The third-order valence-corrected chi connectivity index (χ3v) is 5.76. The summed E-state index contributed by atoms with van der Waals surface area (Å²) in [7, 11) is 0. The van der Waals surface area contributed by atoms with Gasteiger partial charge in [0.2, 0.25) is 5.91 Å². The molecule has 0 spiro atoms. The first kappa shape index (κ1) is 19.5. The highest BCUT2D eigenvalue weighted by Gasteiger charge is 2.24. The molecule has 27 heavy (non-hydrogen) atoms. The number of aromatic nitrogens is 4. The van der Waals surface area contributed by atoms with Crippen LogP contribution in [0.5, 0.6) is 0 Å². The molecule has 3 heterocycles. The number of aryl methyl sites for hydroxylation is 1. The van der Waals surface area contributed by atoms with Crippen molar-refractivity contribution < 1.29 is 9.59 Å². The second kappa shape index (κ2) is 9.07. The van der Waals surface area contributed by atoms with E-state index in [-0.39, 0.29) is 11.8 Å². The summed E-state index contributed by atoms with van der Waals surface area (Å²) in [6.07, 6.45) is 5.16. The van der Waals surface area contributed by atoms with Crippen molar-refractivity contribution in [1.29, 1.82) is 0 Å². The Hall–Kier alpha value is -2.29. The van der Waals surface area contributed by atoms with Crippen LogP contribution in [0.4, 0.5) is 0 Å². The molecule has 146 valence electrons. The molecule has 0 unspecified atom stereocenters. The Balaban J connectivity index is 1.48. The van der Waals surface area contributed by atoms with Crippen LogP contribution in [0.2, 0.25) is 0 Å². The summed E-state index contributed by atoms with van der Waals surface area (Å²) in [6.45, 7) is 7.33. The quantitative estimate of drug-likeness (QED) is 0.753. The minimum Gasteiger partial charge on any atom is -0.341 e. The second-order valence-electron chi connectivity index (χ2n) is 7.01. The second-order valence-corrected chi connectivity index (χ2v) is 7.90. The van der Waals surface area contributed by atoms with E-state index in [0.29, 0.717) is 50.8 Å². The molecule has 2 aromatic rings. The molecular formula is C18H26N6O2S. The maximum Gasteiger partial charge on any atom is 0.273 e. The van der Waals surface area contributed by atoms with Crippen molar-refractivity contribution in [1.82, 2.24) is 29.5 Å². The van der Waals surface area contributed by atoms with E-state index < -0.39 is 0 Å². The van der Waals surface area contributed by atoms with Crippen molar-refractivity contribution >= 4 is 23.2 Å². The molecule has 0 N–H and O–H groups in total. The molecule has 3 rings (SSSR count). The zero-order chi connectivity index (χ0) is 19.2. The van der Waals surface area contributed by atoms with E-state index in [1.807, 2.05) is 15.2 Å². The molecule has 2 aromatic heterocycles. The predicted octanol–water partition coefficient (Wildman–Crippen LogP) is 2.01. The average molecular weight is 391 g/mol. The van der Waals surface area contributed by atoms with Gasteiger partial charge in [0.05, 0.1) is 5.01 Å². The van der Waals surface area contributed by atoms with Gasteiger partial charge in [-0.25, -0.2) is 9.97 Å². The number of hydrogen-bond donors (Lipinski definition) is 0. The lowest BCUT2D eigenvalue weighted by atomic mass is 10.2. The van der Waals surface area contributed by atoms with Crippen molar-refractivity contribution in [3.63, 3.8) is 0 Å². The van der Waals surface area contributed by atoms with Crippen molar-refractivity contribution in [3.8, 4) is 0 Å². The lowest BCUT2D eigenvalue weighted by molar-refractivity contribution is -0.131. The molecule has 0 bridgehead atoms. The SMILES string of the molecule is CC(C)c1nc(C(=O)N2CCCN(C(=O)CCCn3cncn3)CC2)cs1. The highest BCUT2D eigenvalue weighted by Crippen LogP contribution is 2.20. The van der Waals surface area contributed by atoms with Gasteiger partial charge in [-0.15, -0.1) is 11.3 Å². The van der Waals surface area contributed by atoms with Gasteiger partial charge in [0.15, 0.2) is 0 Å². The molecule has 2 amide bonds. The van der Waals surface area contributed by atoms with Gasteiger partial charge in [0.1, 0.15) is 18.3 Å². The van der Waals surface area contributed by atoms with Gasteiger partial charge >= 0.3 is 0 Å². The van der Waals surface area contributed by atoms with Gasteiger partial charge in [-0.1, -0.05) is 13.8 Å². The number of amides is 2. The maximum atomic E-state index is 12.7. The molecule has 0 aliphatic carbocycles. The van der Waals surface area contributed by atoms with Crippen LogP contribution in [0.1, 0.15) is 54.5 Å². The topological polar surface area (TPSA) is 84.2 Å². The summed E-state index contributed by atoms with van der Waals surface area (Å²) in [4.78, 5) is 37.2. The monoisotopic (exact) mass is 390 g/mol. The van der Waals surface area contributed by atoms with E-state index in [2.05, 4.69) is 28.9 Å². The summed E-state index contributed by atoms with van der Waals surface area (Å²) >= 11 is 1.53. The van der Waals surface area contributed by atoms with Gasteiger partial charge < -0.3 is 9.80 Å². The lowest BCUT2D eigenvalue weighted by Gasteiger charge is -2.21. The fourth-order valence-corrected chi connectivity index (χ4v) is 3.89.